The molecule has 5 nitrogen and oxygen atoms in total. The number of benzene rings is 4. The Morgan fingerprint density at radius 3 is 2.35 bits per heavy atom. The van der Waals surface area contributed by atoms with Crippen molar-refractivity contribution in [2.24, 2.45) is 0 Å². The van der Waals surface area contributed by atoms with Gasteiger partial charge >= 0.3 is 5.97 Å². The van der Waals surface area contributed by atoms with Crippen molar-refractivity contribution in [1.82, 2.24) is 4.98 Å². The summed E-state index contributed by atoms with van der Waals surface area (Å²) in [5.41, 5.74) is 2.49. The first-order valence-electron chi connectivity index (χ1n) is 10.6. The fraction of sp³-hybridized carbons (Fsp3) is 0.0385. The molecule has 5 aromatic rings. The second kappa shape index (κ2) is 11.2. The van der Waals surface area contributed by atoms with Gasteiger partial charge in [0.25, 0.3) is 5.91 Å². The standard InChI is InChI=1S/C26H14Br4N2O3S2/c27-20-18(19(25(34)35)21(28)23(30)22(20)29)24(33)31-14-8-9-16-17(10-14)37-26(32-16)36-11-13-6-3-5-12-4-1-2-7-15(12)13/h1-10H,11H2,(H,31,33)(H,34,35). The third-order valence-electron chi connectivity index (χ3n) is 5.57. The largest absolute Gasteiger partial charge is 0.478 e. The second-order valence-electron chi connectivity index (χ2n) is 7.85. The predicted octanol–water partition coefficient (Wildman–Crippen LogP) is 9.74. The number of carboxylic acid groups (broad SMARTS) is 1. The van der Waals surface area contributed by atoms with Gasteiger partial charge < -0.3 is 10.4 Å². The molecule has 0 fully saturated rings. The third kappa shape index (κ3) is 5.39. The molecule has 0 bridgehead atoms. The SMILES string of the molecule is O=C(O)c1c(Br)c(Br)c(Br)c(Br)c1C(=O)Nc1ccc2nc(SCc3cccc4ccccc34)sc2c1. The highest BCUT2D eigenvalue weighted by molar-refractivity contribution is 9.15. The molecule has 0 saturated heterocycles. The van der Waals surface area contributed by atoms with Crippen LogP contribution in [0.4, 0.5) is 5.69 Å². The van der Waals surface area contributed by atoms with Crippen LogP contribution in [0.2, 0.25) is 0 Å². The van der Waals surface area contributed by atoms with E-state index in [1.807, 2.05) is 24.3 Å². The van der Waals surface area contributed by atoms with E-state index in [0.717, 1.165) is 20.3 Å². The van der Waals surface area contributed by atoms with Crippen molar-refractivity contribution in [3.05, 3.63) is 95.2 Å². The number of nitrogens with zero attached hydrogens (tertiary/aromatic N) is 1. The smallest absolute Gasteiger partial charge is 0.337 e. The average Bonchev–Trinajstić information content (AvgIpc) is 3.30. The lowest BCUT2D eigenvalue weighted by Crippen LogP contribution is -2.18. The Kier molecular flexibility index (Phi) is 8.09. The summed E-state index contributed by atoms with van der Waals surface area (Å²) >= 11 is 16.6. The lowest BCUT2D eigenvalue weighted by atomic mass is 10.1. The molecule has 5 rings (SSSR count). The zero-order chi connectivity index (χ0) is 26.3. The number of thiazole rings is 1. The Morgan fingerprint density at radius 1 is 0.892 bits per heavy atom. The fourth-order valence-corrected chi connectivity index (χ4v) is 8.42. The molecule has 2 N–H and O–H groups in total. The number of rotatable bonds is 6. The number of aromatic carboxylic acids is 1. The van der Waals surface area contributed by atoms with Crippen LogP contribution >= 0.6 is 86.8 Å². The van der Waals surface area contributed by atoms with Gasteiger partial charge in [0, 0.05) is 29.3 Å². The summed E-state index contributed by atoms with van der Waals surface area (Å²) in [6.07, 6.45) is 0. The summed E-state index contributed by atoms with van der Waals surface area (Å²) in [7, 11) is 0. The maximum atomic E-state index is 13.2. The van der Waals surface area contributed by atoms with Gasteiger partial charge in [-0.05, 0) is 98.3 Å². The number of anilines is 1. The van der Waals surface area contributed by atoms with Gasteiger partial charge in [-0.25, -0.2) is 9.78 Å². The average molecular weight is 786 g/mol. The van der Waals surface area contributed by atoms with Crippen molar-refractivity contribution in [2.45, 2.75) is 10.1 Å². The molecule has 0 saturated carbocycles. The van der Waals surface area contributed by atoms with E-state index < -0.39 is 11.9 Å². The lowest BCUT2D eigenvalue weighted by Gasteiger charge is -2.14. The molecule has 11 heteroatoms. The highest BCUT2D eigenvalue weighted by Gasteiger charge is 2.28. The molecule has 0 aliphatic carbocycles. The van der Waals surface area contributed by atoms with Gasteiger partial charge in [0.15, 0.2) is 4.34 Å². The molecule has 186 valence electrons. The van der Waals surface area contributed by atoms with Gasteiger partial charge in [-0.15, -0.1) is 11.3 Å². The first kappa shape index (κ1) is 26.8. The van der Waals surface area contributed by atoms with Crippen molar-refractivity contribution in [3.63, 3.8) is 0 Å². The minimum atomic E-state index is -1.23. The highest BCUT2D eigenvalue weighted by Crippen LogP contribution is 2.42. The summed E-state index contributed by atoms with van der Waals surface area (Å²) in [4.78, 5) is 29.9. The first-order valence-corrected chi connectivity index (χ1v) is 15.6. The Morgan fingerprint density at radius 2 is 1.59 bits per heavy atom. The molecule has 0 aliphatic heterocycles. The fourth-order valence-electron chi connectivity index (χ4n) is 3.84. The molecule has 1 aromatic heterocycles. The summed E-state index contributed by atoms with van der Waals surface area (Å²) in [5, 5.41) is 15.0. The van der Waals surface area contributed by atoms with Gasteiger partial charge in [-0.3, -0.25) is 4.79 Å². The molecule has 4 aromatic carbocycles. The summed E-state index contributed by atoms with van der Waals surface area (Å²) < 4.78 is 3.49. The molecular formula is C26H14Br4N2O3S2. The van der Waals surface area contributed by atoms with E-state index in [0.29, 0.717) is 19.1 Å². The van der Waals surface area contributed by atoms with E-state index in [9.17, 15) is 14.7 Å². The van der Waals surface area contributed by atoms with Crippen molar-refractivity contribution in [3.8, 4) is 0 Å². The Hall–Kier alpha value is -1.76. The summed E-state index contributed by atoms with van der Waals surface area (Å²) in [6, 6.07) is 20.1. The van der Waals surface area contributed by atoms with Gasteiger partial charge in [0.05, 0.1) is 21.3 Å². The molecule has 0 aliphatic rings. The van der Waals surface area contributed by atoms with Crippen LogP contribution in [0.3, 0.4) is 0 Å². The van der Waals surface area contributed by atoms with E-state index in [-0.39, 0.29) is 15.6 Å². The van der Waals surface area contributed by atoms with Gasteiger partial charge in [-0.2, -0.15) is 0 Å². The number of amides is 1. The lowest BCUT2D eigenvalue weighted by molar-refractivity contribution is 0.0691. The number of hydrogen-bond acceptors (Lipinski definition) is 5. The normalized spacial score (nSPS) is 11.2. The number of carbonyl (C=O) groups excluding carboxylic acids is 1. The number of fused-ring (bicyclic) bond motifs is 2. The van der Waals surface area contributed by atoms with Gasteiger partial charge in [0.1, 0.15) is 0 Å². The van der Waals surface area contributed by atoms with Crippen molar-refractivity contribution < 1.29 is 14.7 Å². The number of hydrogen-bond donors (Lipinski definition) is 2. The topological polar surface area (TPSA) is 79.3 Å². The van der Waals surface area contributed by atoms with E-state index >= 15 is 0 Å². The van der Waals surface area contributed by atoms with Gasteiger partial charge in [0.2, 0.25) is 0 Å². The van der Waals surface area contributed by atoms with Crippen LogP contribution in [0.25, 0.3) is 21.0 Å². The van der Waals surface area contributed by atoms with E-state index in [2.05, 4.69) is 99.4 Å². The van der Waals surface area contributed by atoms with Crippen LogP contribution < -0.4 is 5.32 Å². The number of nitrogens with one attached hydrogen (secondary N) is 1. The summed E-state index contributed by atoms with van der Waals surface area (Å²) in [6.45, 7) is 0. The zero-order valence-corrected chi connectivity index (χ0v) is 26.5. The van der Waals surface area contributed by atoms with E-state index in [1.165, 1.54) is 16.3 Å². The van der Waals surface area contributed by atoms with E-state index in [1.54, 1.807) is 29.2 Å². The molecule has 0 spiro atoms. The van der Waals surface area contributed by atoms with Crippen molar-refractivity contribution in [1.29, 1.82) is 0 Å². The molecule has 37 heavy (non-hydrogen) atoms. The molecule has 1 amide bonds. The molecule has 1 heterocycles. The Bertz CT molecular complexity index is 1720. The number of halogens is 4. The number of aromatic nitrogens is 1. The minimum absolute atomic E-state index is 0.00480. The predicted molar refractivity (Wildman–Crippen MR) is 165 cm³/mol. The molecule has 0 radical (unpaired) electrons. The molecule has 0 unspecified atom stereocenters. The first-order chi connectivity index (χ1) is 17.7. The molecular weight excluding hydrogens is 772 g/mol. The monoisotopic (exact) mass is 782 g/mol. The van der Waals surface area contributed by atoms with Gasteiger partial charge in [-0.1, -0.05) is 54.2 Å². The molecule has 0 atom stereocenters. The maximum Gasteiger partial charge on any atom is 0.337 e. The van der Waals surface area contributed by atoms with Crippen LogP contribution in [0, 0.1) is 0 Å². The van der Waals surface area contributed by atoms with E-state index in [4.69, 9.17) is 4.98 Å². The Balaban J connectivity index is 1.39. The van der Waals surface area contributed by atoms with Crippen molar-refractivity contribution in [2.75, 3.05) is 5.32 Å². The zero-order valence-electron chi connectivity index (χ0n) is 18.5. The maximum absolute atomic E-state index is 13.2. The Labute approximate surface area is 253 Å². The van der Waals surface area contributed by atoms with Crippen LogP contribution in [0.1, 0.15) is 26.3 Å². The second-order valence-corrected chi connectivity index (χ2v) is 13.3. The van der Waals surface area contributed by atoms with Crippen LogP contribution in [0.5, 0.6) is 0 Å². The van der Waals surface area contributed by atoms with Crippen molar-refractivity contribution >= 4 is 125 Å². The summed E-state index contributed by atoms with van der Waals surface area (Å²) in [5.74, 6) is -0.978. The van der Waals surface area contributed by atoms with Crippen LogP contribution in [0.15, 0.2) is 82.9 Å². The number of carbonyl (C=O) groups is 2. The number of thioether (sulfide) groups is 1. The highest BCUT2D eigenvalue weighted by atomic mass is 79.9. The third-order valence-corrected chi connectivity index (χ3v) is 12.5. The minimum Gasteiger partial charge on any atom is -0.478 e. The van der Waals surface area contributed by atoms with Crippen LogP contribution in [-0.4, -0.2) is 22.0 Å². The number of carboxylic acids is 1. The van der Waals surface area contributed by atoms with Crippen LogP contribution in [-0.2, 0) is 5.75 Å². The quantitative estimate of drug-likeness (QED) is 0.102.